The maximum atomic E-state index is 6.54. The highest BCUT2D eigenvalue weighted by Crippen LogP contribution is 2.31. The fraction of sp³-hybridized carbons (Fsp3) is 1.00. The summed E-state index contributed by atoms with van der Waals surface area (Å²) in [5.74, 6) is 0.798. The van der Waals surface area contributed by atoms with E-state index in [-0.39, 0.29) is 5.54 Å². The summed E-state index contributed by atoms with van der Waals surface area (Å²) in [6, 6.07) is 0.595. The monoisotopic (exact) mass is 226 g/mol. The Morgan fingerprint density at radius 1 is 1.44 bits per heavy atom. The van der Waals surface area contributed by atoms with Crippen LogP contribution in [0.5, 0.6) is 0 Å². The lowest BCUT2D eigenvalue weighted by Crippen LogP contribution is -2.54. The molecule has 0 bridgehead atoms. The zero-order chi connectivity index (χ0) is 11.6. The number of likely N-dealkylation sites (N-methyl/N-ethyl adjacent to an activating group) is 1. The summed E-state index contributed by atoms with van der Waals surface area (Å²) in [5.41, 5.74) is 6.59. The van der Waals surface area contributed by atoms with Crippen molar-refractivity contribution in [1.29, 1.82) is 0 Å². The molecule has 2 fully saturated rings. The molecule has 3 unspecified atom stereocenters. The summed E-state index contributed by atoms with van der Waals surface area (Å²) in [6.07, 6.45) is 6.20. The average Bonchev–Trinajstić information content (AvgIpc) is 2.68. The quantitative estimate of drug-likeness (QED) is 0.794. The van der Waals surface area contributed by atoms with Gasteiger partial charge in [0.1, 0.15) is 0 Å². The molecule has 3 nitrogen and oxygen atoms in total. The molecular weight excluding hydrogens is 200 g/mol. The molecule has 16 heavy (non-hydrogen) atoms. The van der Waals surface area contributed by atoms with Gasteiger partial charge >= 0.3 is 0 Å². The standard InChI is InChI=1S/C13H26N2O/c1-11-4-3-6-13(14,8-11)10-15(2)12-5-7-16-9-12/h11-12H,3-10,14H2,1-2H3. The van der Waals surface area contributed by atoms with Gasteiger partial charge in [-0.2, -0.15) is 0 Å². The average molecular weight is 226 g/mol. The van der Waals surface area contributed by atoms with E-state index >= 15 is 0 Å². The molecular formula is C13H26N2O. The predicted molar refractivity (Wildman–Crippen MR) is 66.4 cm³/mol. The van der Waals surface area contributed by atoms with Crippen molar-refractivity contribution in [1.82, 2.24) is 4.90 Å². The third-order valence-corrected chi connectivity index (χ3v) is 4.22. The molecule has 94 valence electrons. The minimum absolute atomic E-state index is 0.0506. The molecule has 0 radical (unpaired) electrons. The molecule has 1 aliphatic carbocycles. The van der Waals surface area contributed by atoms with Crippen molar-refractivity contribution >= 4 is 0 Å². The van der Waals surface area contributed by atoms with E-state index in [9.17, 15) is 0 Å². The summed E-state index contributed by atoms with van der Waals surface area (Å²) >= 11 is 0. The van der Waals surface area contributed by atoms with Crippen LogP contribution in [0.1, 0.15) is 39.0 Å². The van der Waals surface area contributed by atoms with Crippen molar-refractivity contribution in [2.24, 2.45) is 11.7 Å². The molecule has 2 N–H and O–H groups in total. The highest BCUT2D eigenvalue weighted by molar-refractivity contribution is 4.93. The first kappa shape index (κ1) is 12.3. The first-order valence-electron chi connectivity index (χ1n) is 6.66. The van der Waals surface area contributed by atoms with Gasteiger partial charge in [-0.1, -0.05) is 19.8 Å². The molecule has 1 saturated carbocycles. The van der Waals surface area contributed by atoms with Crippen LogP contribution in [0.25, 0.3) is 0 Å². The molecule has 2 rings (SSSR count). The molecule has 2 aliphatic rings. The maximum Gasteiger partial charge on any atom is 0.0622 e. The smallest absolute Gasteiger partial charge is 0.0622 e. The van der Waals surface area contributed by atoms with E-state index < -0.39 is 0 Å². The molecule has 0 aromatic heterocycles. The molecule has 3 heteroatoms. The van der Waals surface area contributed by atoms with Gasteiger partial charge in [0.2, 0.25) is 0 Å². The van der Waals surface area contributed by atoms with Gasteiger partial charge in [0, 0.05) is 24.7 Å². The van der Waals surface area contributed by atoms with Crippen LogP contribution in [0.2, 0.25) is 0 Å². The number of rotatable bonds is 3. The van der Waals surface area contributed by atoms with Crippen molar-refractivity contribution in [3.8, 4) is 0 Å². The van der Waals surface area contributed by atoms with Gasteiger partial charge in [-0.15, -0.1) is 0 Å². The van der Waals surface area contributed by atoms with Crippen LogP contribution in [0.4, 0.5) is 0 Å². The van der Waals surface area contributed by atoms with Crippen LogP contribution < -0.4 is 5.73 Å². The van der Waals surface area contributed by atoms with E-state index in [0.29, 0.717) is 6.04 Å². The van der Waals surface area contributed by atoms with E-state index in [0.717, 1.165) is 25.7 Å². The Kier molecular flexibility index (Phi) is 3.88. The fourth-order valence-corrected chi connectivity index (χ4v) is 3.34. The van der Waals surface area contributed by atoms with Crippen LogP contribution in [-0.4, -0.2) is 43.3 Å². The van der Waals surface area contributed by atoms with Crippen LogP contribution >= 0.6 is 0 Å². The molecule has 0 amide bonds. The van der Waals surface area contributed by atoms with Gasteiger partial charge in [-0.05, 0) is 32.2 Å². The van der Waals surface area contributed by atoms with E-state index in [1.165, 1.54) is 32.1 Å². The van der Waals surface area contributed by atoms with E-state index in [4.69, 9.17) is 10.5 Å². The molecule has 0 aromatic rings. The molecule has 0 spiro atoms. The third kappa shape index (κ3) is 2.96. The minimum Gasteiger partial charge on any atom is -0.380 e. The van der Waals surface area contributed by atoms with Gasteiger partial charge in [-0.3, -0.25) is 4.90 Å². The van der Waals surface area contributed by atoms with E-state index in [1.807, 2.05) is 0 Å². The van der Waals surface area contributed by atoms with Gasteiger partial charge in [0.05, 0.1) is 6.61 Å². The summed E-state index contributed by atoms with van der Waals surface area (Å²) in [6.45, 7) is 5.18. The SMILES string of the molecule is CC1CCCC(N)(CN(C)C2CCOC2)C1. The minimum atomic E-state index is 0.0506. The fourth-order valence-electron chi connectivity index (χ4n) is 3.34. The summed E-state index contributed by atoms with van der Waals surface area (Å²) in [4.78, 5) is 2.42. The first-order valence-corrected chi connectivity index (χ1v) is 6.66. The lowest BCUT2D eigenvalue weighted by Gasteiger charge is -2.40. The van der Waals surface area contributed by atoms with E-state index in [2.05, 4.69) is 18.9 Å². The van der Waals surface area contributed by atoms with Gasteiger partial charge < -0.3 is 10.5 Å². The van der Waals surface area contributed by atoms with Crippen molar-refractivity contribution < 1.29 is 4.74 Å². The highest BCUT2D eigenvalue weighted by atomic mass is 16.5. The molecule has 1 aliphatic heterocycles. The van der Waals surface area contributed by atoms with Crippen LogP contribution in [0.15, 0.2) is 0 Å². The number of hydrogen-bond acceptors (Lipinski definition) is 3. The Balaban J connectivity index is 1.86. The van der Waals surface area contributed by atoms with Crippen LogP contribution in [-0.2, 0) is 4.74 Å². The van der Waals surface area contributed by atoms with Crippen molar-refractivity contribution in [3.05, 3.63) is 0 Å². The van der Waals surface area contributed by atoms with Crippen LogP contribution in [0.3, 0.4) is 0 Å². The number of hydrogen-bond donors (Lipinski definition) is 1. The second-order valence-corrected chi connectivity index (χ2v) is 6.00. The second-order valence-electron chi connectivity index (χ2n) is 6.00. The van der Waals surface area contributed by atoms with Gasteiger partial charge in [0.15, 0.2) is 0 Å². The van der Waals surface area contributed by atoms with Gasteiger partial charge in [-0.25, -0.2) is 0 Å². The Morgan fingerprint density at radius 3 is 2.88 bits per heavy atom. The Hall–Kier alpha value is -0.120. The Labute approximate surface area is 99.3 Å². The molecule has 3 atom stereocenters. The lowest BCUT2D eigenvalue weighted by molar-refractivity contribution is 0.119. The Bertz CT molecular complexity index is 228. The third-order valence-electron chi connectivity index (χ3n) is 4.22. The summed E-state index contributed by atoms with van der Waals surface area (Å²) in [5, 5.41) is 0. The van der Waals surface area contributed by atoms with Gasteiger partial charge in [0.25, 0.3) is 0 Å². The largest absolute Gasteiger partial charge is 0.380 e. The predicted octanol–water partition coefficient (Wildman–Crippen LogP) is 1.61. The van der Waals surface area contributed by atoms with E-state index in [1.54, 1.807) is 0 Å². The molecule has 1 heterocycles. The molecule has 1 saturated heterocycles. The lowest BCUT2D eigenvalue weighted by atomic mass is 9.76. The maximum absolute atomic E-state index is 6.54. The normalized spacial score (nSPS) is 40.5. The zero-order valence-electron chi connectivity index (χ0n) is 10.7. The number of nitrogens with two attached hydrogens (primary N) is 1. The van der Waals surface area contributed by atoms with Crippen molar-refractivity contribution in [3.63, 3.8) is 0 Å². The number of nitrogens with zero attached hydrogens (tertiary/aromatic N) is 1. The van der Waals surface area contributed by atoms with Crippen LogP contribution in [0, 0.1) is 5.92 Å². The summed E-state index contributed by atoms with van der Waals surface area (Å²) < 4.78 is 5.44. The first-order chi connectivity index (χ1) is 7.59. The molecule has 0 aromatic carbocycles. The summed E-state index contributed by atoms with van der Waals surface area (Å²) in [7, 11) is 2.20. The zero-order valence-corrected chi connectivity index (χ0v) is 10.7. The Morgan fingerprint density at radius 2 is 2.25 bits per heavy atom. The highest BCUT2D eigenvalue weighted by Gasteiger charge is 2.34. The van der Waals surface area contributed by atoms with Crippen molar-refractivity contribution in [2.45, 2.75) is 50.6 Å². The second kappa shape index (κ2) is 5.03. The number of ether oxygens (including phenoxy) is 1. The topological polar surface area (TPSA) is 38.5 Å². The van der Waals surface area contributed by atoms with Crippen molar-refractivity contribution in [2.75, 3.05) is 26.8 Å².